The second-order valence-electron chi connectivity index (χ2n) is 5.39. The maximum absolute atomic E-state index is 12.2. The predicted octanol–water partition coefficient (Wildman–Crippen LogP) is 0.927. The van der Waals surface area contributed by atoms with Crippen LogP contribution in [0.25, 0.3) is 0 Å². The average molecular weight is 303 g/mol. The Labute approximate surface area is 124 Å². The quantitative estimate of drug-likeness (QED) is 0.790. The zero-order chi connectivity index (χ0) is 15.3. The molecule has 0 saturated carbocycles. The van der Waals surface area contributed by atoms with Crippen LogP contribution in [-0.4, -0.2) is 77.2 Å². The van der Waals surface area contributed by atoms with Crippen LogP contribution in [0.1, 0.15) is 20.3 Å². The summed E-state index contributed by atoms with van der Waals surface area (Å²) >= 11 is 1.58. The van der Waals surface area contributed by atoms with Crippen molar-refractivity contribution in [2.75, 3.05) is 32.1 Å². The topological polar surface area (TPSA) is 72.9 Å². The van der Waals surface area contributed by atoms with E-state index in [2.05, 4.69) is 24.1 Å². The van der Waals surface area contributed by atoms with Gasteiger partial charge in [-0.15, -0.1) is 0 Å². The lowest BCUT2D eigenvalue weighted by Gasteiger charge is -2.42. The Morgan fingerprint density at radius 3 is 2.35 bits per heavy atom. The number of piperazine rings is 1. The lowest BCUT2D eigenvalue weighted by Crippen LogP contribution is -2.59. The average Bonchev–Trinajstić information content (AvgIpc) is 2.39. The molecular formula is C13H25N3O3S. The Balaban J connectivity index is 2.58. The van der Waals surface area contributed by atoms with E-state index in [9.17, 15) is 9.59 Å². The molecule has 1 rings (SSSR count). The van der Waals surface area contributed by atoms with Crippen LogP contribution in [0.2, 0.25) is 0 Å². The number of thioether (sulfide) groups is 1. The SMILES string of the molecule is CSCC[C@@H](NC(=O)N1CC(C)N(C)C(C)C1)C(=O)O. The van der Waals surface area contributed by atoms with Crippen LogP contribution in [0.4, 0.5) is 4.79 Å². The Morgan fingerprint density at radius 2 is 1.90 bits per heavy atom. The third-order valence-corrected chi connectivity index (χ3v) is 4.50. The molecule has 0 aromatic heterocycles. The molecule has 6 nitrogen and oxygen atoms in total. The number of carboxylic acid groups (broad SMARTS) is 1. The summed E-state index contributed by atoms with van der Waals surface area (Å²) in [5.41, 5.74) is 0. The molecule has 0 bridgehead atoms. The Hall–Kier alpha value is -0.950. The molecule has 0 radical (unpaired) electrons. The number of hydrogen-bond acceptors (Lipinski definition) is 4. The van der Waals surface area contributed by atoms with Gasteiger partial charge in [0.1, 0.15) is 6.04 Å². The first-order valence-electron chi connectivity index (χ1n) is 6.86. The van der Waals surface area contributed by atoms with E-state index >= 15 is 0 Å². The number of nitrogens with one attached hydrogen (secondary N) is 1. The largest absolute Gasteiger partial charge is 0.480 e. The van der Waals surface area contributed by atoms with Gasteiger partial charge in [-0.05, 0) is 39.3 Å². The second kappa shape index (κ2) is 7.73. The zero-order valence-corrected chi connectivity index (χ0v) is 13.4. The van der Waals surface area contributed by atoms with Crippen LogP contribution < -0.4 is 5.32 Å². The van der Waals surface area contributed by atoms with E-state index in [1.807, 2.05) is 13.3 Å². The van der Waals surface area contributed by atoms with Crippen molar-refractivity contribution in [2.45, 2.75) is 38.4 Å². The normalized spacial score (nSPS) is 25.3. The third-order valence-electron chi connectivity index (χ3n) is 3.85. The standard InChI is InChI=1S/C13H25N3O3S/c1-9-7-16(8-10(2)15(9)3)13(19)14-11(12(17)18)5-6-20-4/h9-11H,5-8H2,1-4H3,(H,14,19)(H,17,18)/t9?,10?,11-/m1/s1. The molecule has 0 spiro atoms. The van der Waals surface area contributed by atoms with Crippen molar-refractivity contribution in [3.05, 3.63) is 0 Å². The van der Waals surface area contributed by atoms with Crippen molar-refractivity contribution < 1.29 is 14.7 Å². The van der Waals surface area contributed by atoms with E-state index in [-0.39, 0.29) is 18.1 Å². The van der Waals surface area contributed by atoms with Gasteiger partial charge in [0.05, 0.1) is 0 Å². The third kappa shape index (κ3) is 4.56. The van der Waals surface area contributed by atoms with Crippen LogP contribution >= 0.6 is 11.8 Å². The minimum Gasteiger partial charge on any atom is -0.480 e. The van der Waals surface area contributed by atoms with Gasteiger partial charge in [-0.2, -0.15) is 11.8 Å². The molecule has 2 amide bonds. The molecule has 20 heavy (non-hydrogen) atoms. The molecule has 2 unspecified atom stereocenters. The predicted molar refractivity (Wildman–Crippen MR) is 81.2 cm³/mol. The number of hydrogen-bond donors (Lipinski definition) is 2. The molecule has 1 heterocycles. The summed E-state index contributed by atoms with van der Waals surface area (Å²) in [6, 6.07) is -0.525. The lowest BCUT2D eigenvalue weighted by molar-refractivity contribution is -0.139. The van der Waals surface area contributed by atoms with E-state index in [0.717, 1.165) is 0 Å². The van der Waals surface area contributed by atoms with Crippen LogP contribution in [-0.2, 0) is 4.79 Å². The highest BCUT2D eigenvalue weighted by Crippen LogP contribution is 2.13. The molecule has 0 aromatic rings. The fraction of sp³-hybridized carbons (Fsp3) is 0.846. The smallest absolute Gasteiger partial charge is 0.326 e. The van der Waals surface area contributed by atoms with Gasteiger partial charge in [0.25, 0.3) is 0 Å². The van der Waals surface area contributed by atoms with Crippen molar-refractivity contribution in [2.24, 2.45) is 0 Å². The Kier molecular flexibility index (Phi) is 6.61. The number of aliphatic carboxylic acids is 1. The zero-order valence-electron chi connectivity index (χ0n) is 12.6. The van der Waals surface area contributed by atoms with Gasteiger partial charge in [0, 0.05) is 25.2 Å². The molecular weight excluding hydrogens is 278 g/mol. The number of urea groups is 1. The molecule has 2 N–H and O–H groups in total. The van der Waals surface area contributed by atoms with Crippen molar-refractivity contribution in [1.29, 1.82) is 0 Å². The molecule has 1 fully saturated rings. The Bertz CT molecular complexity index is 342. The summed E-state index contributed by atoms with van der Waals surface area (Å²) in [6.45, 7) is 5.39. The van der Waals surface area contributed by atoms with Crippen LogP contribution in [0, 0.1) is 0 Å². The van der Waals surface area contributed by atoms with E-state index < -0.39 is 12.0 Å². The van der Waals surface area contributed by atoms with E-state index in [1.54, 1.807) is 16.7 Å². The van der Waals surface area contributed by atoms with Gasteiger partial charge in [-0.3, -0.25) is 4.90 Å². The van der Waals surface area contributed by atoms with Crippen molar-refractivity contribution >= 4 is 23.8 Å². The van der Waals surface area contributed by atoms with Crippen molar-refractivity contribution in [3.8, 4) is 0 Å². The van der Waals surface area contributed by atoms with Crippen LogP contribution in [0.5, 0.6) is 0 Å². The number of carboxylic acids is 1. The highest BCUT2D eigenvalue weighted by Gasteiger charge is 2.31. The molecule has 116 valence electrons. The molecule has 0 aliphatic carbocycles. The van der Waals surface area contributed by atoms with Gasteiger partial charge < -0.3 is 15.3 Å². The number of nitrogens with zero attached hydrogens (tertiary/aromatic N) is 2. The number of rotatable bonds is 5. The van der Waals surface area contributed by atoms with Gasteiger partial charge in [0.15, 0.2) is 0 Å². The van der Waals surface area contributed by atoms with Crippen LogP contribution in [0.15, 0.2) is 0 Å². The summed E-state index contributed by atoms with van der Waals surface area (Å²) in [7, 11) is 2.04. The monoisotopic (exact) mass is 303 g/mol. The van der Waals surface area contributed by atoms with Gasteiger partial charge in [-0.1, -0.05) is 0 Å². The molecule has 1 saturated heterocycles. The number of carbonyl (C=O) groups is 2. The molecule has 1 aliphatic heterocycles. The van der Waals surface area contributed by atoms with Crippen molar-refractivity contribution in [1.82, 2.24) is 15.1 Å². The molecule has 1 aliphatic rings. The summed E-state index contributed by atoms with van der Waals surface area (Å²) < 4.78 is 0. The van der Waals surface area contributed by atoms with E-state index in [1.165, 1.54) is 0 Å². The van der Waals surface area contributed by atoms with Crippen LogP contribution in [0.3, 0.4) is 0 Å². The first-order valence-corrected chi connectivity index (χ1v) is 8.25. The minimum absolute atomic E-state index is 0.273. The van der Waals surface area contributed by atoms with Gasteiger partial charge in [0.2, 0.25) is 0 Å². The van der Waals surface area contributed by atoms with Gasteiger partial charge in [-0.25, -0.2) is 9.59 Å². The highest BCUT2D eigenvalue weighted by atomic mass is 32.2. The molecule has 3 atom stereocenters. The first kappa shape index (κ1) is 17.1. The number of amides is 2. The Morgan fingerprint density at radius 1 is 1.35 bits per heavy atom. The van der Waals surface area contributed by atoms with E-state index in [4.69, 9.17) is 5.11 Å². The fourth-order valence-corrected chi connectivity index (χ4v) is 2.78. The maximum Gasteiger partial charge on any atom is 0.326 e. The first-order chi connectivity index (χ1) is 9.36. The summed E-state index contributed by atoms with van der Waals surface area (Å²) in [4.78, 5) is 27.3. The second-order valence-corrected chi connectivity index (χ2v) is 6.38. The summed E-state index contributed by atoms with van der Waals surface area (Å²) in [5, 5.41) is 11.8. The van der Waals surface area contributed by atoms with Gasteiger partial charge >= 0.3 is 12.0 Å². The van der Waals surface area contributed by atoms with Crippen molar-refractivity contribution in [3.63, 3.8) is 0 Å². The molecule has 7 heteroatoms. The number of carbonyl (C=O) groups excluding carboxylic acids is 1. The number of likely N-dealkylation sites (N-methyl/N-ethyl adjacent to an activating group) is 1. The molecule has 0 aromatic carbocycles. The summed E-state index contributed by atoms with van der Waals surface area (Å²) in [5.74, 6) is -0.255. The highest BCUT2D eigenvalue weighted by molar-refractivity contribution is 7.98. The lowest BCUT2D eigenvalue weighted by atomic mass is 10.1. The van der Waals surface area contributed by atoms with E-state index in [0.29, 0.717) is 25.3 Å². The maximum atomic E-state index is 12.2. The minimum atomic E-state index is -0.970. The fourth-order valence-electron chi connectivity index (χ4n) is 2.30. The summed E-state index contributed by atoms with van der Waals surface area (Å²) in [6.07, 6.45) is 2.37.